The summed E-state index contributed by atoms with van der Waals surface area (Å²) in [5, 5.41) is 0. The lowest BCUT2D eigenvalue weighted by Crippen LogP contribution is -2.48. The van der Waals surface area contributed by atoms with Crippen molar-refractivity contribution < 1.29 is 19.1 Å². The molecule has 298 valence electrons. The normalized spacial score (nSPS) is 28.8. The maximum Gasteiger partial charge on any atom is 0.409 e. The predicted molar refractivity (Wildman–Crippen MR) is 218 cm³/mol. The number of nitrogens with zero attached hydrogens (tertiary/aromatic N) is 1. The second-order valence-corrected chi connectivity index (χ2v) is 18.0. The molecule has 0 saturated heterocycles. The zero-order valence-electron chi connectivity index (χ0n) is 33.4. The molecule has 0 aromatic carbocycles. The number of rotatable bonds is 24. The number of alkyl halides is 2. The van der Waals surface area contributed by atoms with Crippen molar-refractivity contribution >= 4 is 35.3 Å². The SMILES string of the molecule is CCCCCCCC/C=C\CCCCCCCCC(=O)O[C@H]1CC[C@@]2(C)C(=CC[C@H]3[C@@H]4CC[C@H](C(C)COC(=O)N(CCCl)CCCl)C4CC[C@@H]32)C1. The summed E-state index contributed by atoms with van der Waals surface area (Å²) in [4.78, 5) is 27.1. The molecule has 4 rings (SSSR count). The van der Waals surface area contributed by atoms with Crippen molar-refractivity contribution in [1.82, 2.24) is 4.90 Å². The van der Waals surface area contributed by atoms with Gasteiger partial charge in [-0.2, -0.15) is 0 Å². The van der Waals surface area contributed by atoms with E-state index >= 15 is 0 Å². The third kappa shape index (κ3) is 12.9. The molecule has 3 saturated carbocycles. The molecule has 5 nitrogen and oxygen atoms in total. The van der Waals surface area contributed by atoms with Crippen molar-refractivity contribution in [2.75, 3.05) is 31.5 Å². The third-order valence-corrected chi connectivity index (χ3v) is 14.1. The summed E-state index contributed by atoms with van der Waals surface area (Å²) < 4.78 is 11.9. The number of ether oxygens (including phenoxy) is 2. The molecule has 4 aliphatic carbocycles. The number of halogens is 2. The minimum atomic E-state index is -0.288. The van der Waals surface area contributed by atoms with Gasteiger partial charge in [-0.25, -0.2) is 4.79 Å². The molecule has 0 spiro atoms. The van der Waals surface area contributed by atoms with Gasteiger partial charge in [0.05, 0.1) is 6.61 Å². The van der Waals surface area contributed by atoms with Gasteiger partial charge in [0.25, 0.3) is 0 Å². The predicted octanol–water partition coefficient (Wildman–Crippen LogP) is 13.1. The molecule has 4 aliphatic rings. The van der Waals surface area contributed by atoms with Crippen LogP contribution in [0.25, 0.3) is 0 Å². The highest BCUT2D eigenvalue weighted by Gasteiger charge is 2.55. The van der Waals surface area contributed by atoms with Crippen molar-refractivity contribution in [3.05, 3.63) is 23.8 Å². The monoisotopic (exact) mass is 764 g/mol. The molecule has 2 unspecified atom stereocenters. The summed E-state index contributed by atoms with van der Waals surface area (Å²) in [7, 11) is 0. The van der Waals surface area contributed by atoms with Crippen LogP contribution in [0.1, 0.15) is 168 Å². The lowest BCUT2D eigenvalue weighted by atomic mass is 9.50. The molecule has 1 amide bonds. The van der Waals surface area contributed by atoms with Crippen LogP contribution in [0.15, 0.2) is 23.8 Å². The fourth-order valence-corrected chi connectivity index (χ4v) is 11.2. The quantitative estimate of drug-likeness (QED) is 0.0425. The first kappa shape index (κ1) is 43.5. The first-order valence-electron chi connectivity index (χ1n) is 21.9. The molecule has 7 heteroatoms. The highest BCUT2D eigenvalue weighted by molar-refractivity contribution is 6.18. The zero-order valence-corrected chi connectivity index (χ0v) is 34.9. The van der Waals surface area contributed by atoms with Crippen molar-refractivity contribution in [2.45, 2.75) is 175 Å². The van der Waals surface area contributed by atoms with Crippen molar-refractivity contribution in [3.8, 4) is 0 Å². The van der Waals surface area contributed by atoms with Crippen LogP contribution < -0.4 is 0 Å². The van der Waals surface area contributed by atoms with E-state index < -0.39 is 0 Å². The second-order valence-electron chi connectivity index (χ2n) is 17.3. The molecule has 0 aromatic rings. The van der Waals surface area contributed by atoms with Crippen LogP contribution in [0.4, 0.5) is 4.79 Å². The minimum absolute atomic E-state index is 0.0153. The number of allylic oxidation sites excluding steroid dienone is 3. The van der Waals surface area contributed by atoms with E-state index in [4.69, 9.17) is 32.7 Å². The molecule has 3 fully saturated rings. The van der Waals surface area contributed by atoms with Crippen LogP contribution in [-0.2, 0) is 14.3 Å². The van der Waals surface area contributed by atoms with E-state index in [9.17, 15) is 9.59 Å². The average Bonchev–Trinajstić information content (AvgIpc) is 3.58. The van der Waals surface area contributed by atoms with E-state index in [1.807, 2.05) is 0 Å². The highest BCUT2D eigenvalue weighted by Crippen LogP contribution is 2.63. The molecular formula is C45H75Cl2NO4. The molecule has 0 radical (unpaired) electrons. The molecule has 52 heavy (non-hydrogen) atoms. The number of carbonyl (C=O) groups excluding carboxylic acids is 2. The average molecular weight is 765 g/mol. The smallest absolute Gasteiger partial charge is 0.409 e. The summed E-state index contributed by atoms with van der Waals surface area (Å²) in [6, 6.07) is 0. The van der Waals surface area contributed by atoms with E-state index in [1.54, 1.807) is 10.5 Å². The number of fused-ring (bicyclic) bond motifs is 5. The van der Waals surface area contributed by atoms with Gasteiger partial charge in [-0.05, 0) is 118 Å². The maximum atomic E-state index is 12.8. The first-order chi connectivity index (χ1) is 25.3. The fraction of sp³-hybridized carbons (Fsp3) is 0.867. The molecule has 0 bridgehead atoms. The molecule has 0 aliphatic heterocycles. The van der Waals surface area contributed by atoms with Gasteiger partial charge >= 0.3 is 12.1 Å². The van der Waals surface area contributed by atoms with Crippen molar-refractivity contribution in [1.29, 1.82) is 0 Å². The van der Waals surface area contributed by atoms with Crippen LogP contribution in [0.3, 0.4) is 0 Å². The van der Waals surface area contributed by atoms with Crippen LogP contribution in [0.5, 0.6) is 0 Å². The van der Waals surface area contributed by atoms with Crippen molar-refractivity contribution in [2.24, 2.45) is 40.9 Å². The summed E-state index contributed by atoms with van der Waals surface area (Å²) >= 11 is 11.8. The number of hydrogen-bond donors (Lipinski definition) is 0. The lowest BCUT2D eigenvalue weighted by molar-refractivity contribution is -0.151. The van der Waals surface area contributed by atoms with Gasteiger partial charge in [-0.3, -0.25) is 4.79 Å². The Morgan fingerprint density at radius 2 is 1.48 bits per heavy atom. The van der Waals surface area contributed by atoms with Gasteiger partial charge in [0.15, 0.2) is 0 Å². The molecule has 8 atom stereocenters. The molecule has 0 N–H and O–H groups in total. The van der Waals surface area contributed by atoms with Gasteiger partial charge in [0.1, 0.15) is 6.10 Å². The number of amides is 1. The third-order valence-electron chi connectivity index (χ3n) is 13.8. The topological polar surface area (TPSA) is 55.8 Å². The van der Waals surface area contributed by atoms with Gasteiger partial charge < -0.3 is 14.4 Å². The van der Waals surface area contributed by atoms with E-state index in [2.05, 4.69) is 39.0 Å². The minimum Gasteiger partial charge on any atom is -0.462 e. The van der Waals surface area contributed by atoms with Crippen LogP contribution >= 0.6 is 23.2 Å². The zero-order chi connectivity index (χ0) is 37.2. The standard InChI is InChI=1S/C45H75Cl2NO4/c1-4-5-6-7-8-9-10-11-12-13-14-15-16-17-18-19-20-43(49)52-37-27-28-45(3)36(33-37)21-22-41-40-24-23-38(39(40)25-26-42(41)45)35(2)34-51-44(50)48(31-29-46)32-30-47/h11-12,21,35,37-42H,4-10,13-20,22-34H2,1-3H3/b12-11-/t35?,37-,38+,39?,40+,41-,42-,45-/m0/s1. The summed E-state index contributed by atoms with van der Waals surface area (Å²) in [6.45, 7) is 8.49. The Labute approximate surface area is 328 Å². The lowest BCUT2D eigenvalue weighted by Gasteiger charge is -2.55. The second kappa shape index (κ2) is 23.7. The van der Waals surface area contributed by atoms with Crippen LogP contribution in [-0.4, -0.2) is 54.5 Å². The number of carbonyl (C=O) groups is 2. The van der Waals surface area contributed by atoms with Gasteiger partial charge in [-0.15, -0.1) is 23.2 Å². The van der Waals surface area contributed by atoms with Crippen molar-refractivity contribution in [3.63, 3.8) is 0 Å². The van der Waals surface area contributed by atoms with Crippen LogP contribution in [0.2, 0.25) is 0 Å². The summed E-state index contributed by atoms with van der Waals surface area (Å²) in [5.74, 6) is 4.75. The first-order valence-corrected chi connectivity index (χ1v) is 23.0. The number of hydrogen-bond acceptors (Lipinski definition) is 4. The summed E-state index contributed by atoms with van der Waals surface area (Å²) in [6.07, 6.45) is 35.0. The Bertz CT molecular complexity index is 1100. The van der Waals surface area contributed by atoms with Gasteiger partial charge in [0.2, 0.25) is 0 Å². The molecular weight excluding hydrogens is 689 g/mol. The number of unbranched alkanes of at least 4 members (excludes halogenated alkanes) is 12. The Kier molecular flexibility index (Phi) is 19.8. The molecule has 0 aromatic heterocycles. The van der Waals surface area contributed by atoms with Crippen LogP contribution in [0, 0.1) is 40.9 Å². The Balaban J connectivity index is 1.10. The fourth-order valence-electron chi connectivity index (χ4n) is 10.8. The van der Waals surface area contributed by atoms with Gasteiger partial charge in [-0.1, -0.05) is 102 Å². The maximum absolute atomic E-state index is 12.8. The van der Waals surface area contributed by atoms with E-state index in [-0.39, 0.29) is 23.6 Å². The Morgan fingerprint density at radius 3 is 2.15 bits per heavy atom. The molecule has 0 heterocycles. The largest absolute Gasteiger partial charge is 0.462 e. The highest BCUT2D eigenvalue weighted by atomic mass is 35.5. The number of esters is 1. The Hall–Kier alpha value is -1.20. The van der Waals surface area contributed by atoms with E-state index in [0.717, 1.165) is 55.8 Å². The van der Waals surface area contributed by atoms with Gasteiger partial charge in [0, 0.05) is 37.7 Å². The van der Waals surface area contributed by atoms with E-state index in [1.165, 1.54) is 109 Å². The summed E-state index contributed by atoms with van der Waals surface area (Å²) in [5.41, 5.74) is 1.82. The van der Waals surface area contributed by atoms with E-state index in [0.29, 0.717) is 49.7 Å². The Morgan fingerprint density at radius 1 is 0.846 bits per heavy atom.